The molecular weight excluding hydrogens is 266 g/mol. The minimum Gasteiger partial charge on any atom is -0.468 e. The van der Waals surface area contributed by atoms with Gasteiger partial charge in [0.1, 0.15) is 11.4 Å². The number of ether oxygens (including phenoxy) is 1. The number of esters is 1. The number of nitrogens with one attached hydrogen (secondary N) is 1. The van der Waals surface area contributed by atoms with Crippen molar-refractivity contribution in [2.75, 3.05) is 7.11 Å². The number of carbonyl (C=O) groups excluding carboxylic acids is 1. The van der Waals surface area contributed by atoms with E-state index in [1.54, 1.807) is 0 Å². The highest BCUT2D eigenvalue weighted by Gasteiger charge is 2.40. The fourth-order valence-corrected chi connectivity index (χ4v) is 3.33. The molecule has 2 aliphatic carbocycles. The number of fused-ring (bicyclic) bond motifs is 1. The van der Waals surface area contributed by atoms with Crippen LogP contribution in [0.4, 0.5) is 0 Å². The minimum absolute atomic E-state index is 0.188. The number of nitrogens with zero attached hydrogens (tertiary/aromatic N) is 2. The van der Waals surface area contributed by atoms with Crippen molar-refractivity contribution in [1.82, 2.24) is 14.9 Å². The second-order valence-electron chi connectivity index (χ2n) is 6.59. The Hall–Kier alpha value is -1.36. The number of carbonyl (C=O) groups is 1. The summed E-state index contributed by atoms with van der Waals surface area (Å²) in [6.45, 7) is 4.59. The molecule has 0 spiro atoms. The van der Waals surface area contributed by atoms with Crippen LogP contribution in [0, 0.1) is 6.92 Å². The highest BCUT2D eigenvalue weighted by molar-refractivity contribution is 5.80. The van der Waals surface area contributed by atoms with E-state index in [2.05, 4.69) is 9.88 Å². The van der Waals surface area contributed by atoms with Crippen molar-refractivity contribution in [1.29, 1.82) is 0 Å². The van der Waals surface area contributed by atoms with Gasteiger partial charge in [-0.05, 0) is 52.4 Å². The van der Waals surface area contributed by atoms with Gasteiger partial charge in [-0.25, -0.2) is 9.78 Å². The Morgan fingerprint density at radius 3 is 2.81 bits per heavy atom. The highest BCUT2D eigenvalue weighted by atomic mass is 16.5. The lowest BCUT2D eigenvalue weighted by Crippen LogP contribution is -2.54. The van der Waals surface area contributed by atoms with Crippen molar-refractivity contribution in [3.05, 3.63) is 17.2 Å². The Labute approximate surface area is 126 Å². The molecule has 5 nitrogen and oxygen atoms in total. The molecule has 21 heavy (non-hydrogen) atoms. The van der Waals surface area contributed by atoms with Gasteiger partial charge in [0.05, 0.1) is 19.3 Å². The van der Waals surface area contributed by atoms with Crippen LogP contribution in [0.3, 0.4) is 0 Å². The van der Waals surface area contributed by atoms with Crippen molar-refractivity contribution >= 4 is 5.97 Å². The molecule has 0 amide bonds. The lowest BCUT2D eigenvalue weighted by molar-refractivity contribution is -0.148. The molecule has 1 unspecified atom stereocenters. The molecule has 1 aromatic heterocycles. The van der Waals surface area contributed by atoms with Gasteiger partial charge in [0.2, 0.25) is 0 Å². The number of aromatic nitrogens is 2. The van der Waals surface area contributed by atoms with Crippen LogP contribution in [0.2, 0.25) is 0 Å². The van der Waals surface area contributed by atoms with Crippen molar-refractivity contribution in [2.45, 2.75) is 70.5 Å². The second-order valence-corrected chi connectivity index (χ2v) is 6.59. The molecule has 3 rings (SSSR count). The Bertz CT molecular complexity index is 548. The average Bonchev–Trinajstić information content (AvgIpc) is 3.22. The smallest absolute Gasteiger partial charge is 0.327 e. The summed E-state index contributed by atoms with van der Waals surface area (Å²) in [6.07, 6.45) is 6.85. The van der Waals surface area contributed by atoms with E-state index >= 15 is 0 Å². The van der Waals surface area contributed by atoms with Crippen molar-refractivity contribution in [3.8, 4) is 0 Å². The van der Waals surface area contributed by atoms with Gasteiger partial charge in [-0.15, -0.1) is 0 Å². The van der Waals surface area contributed by atoms with Crippen LogP contribution in [0.5, 0.6) is 0 Å². The first-order chi connectivity index (χ1) is 10.0. The van der Waals surface area contributed by atoms with E-state index in [1.807, 2.05) is 13.8 Å². The summed E-state index contributed by atoms with van der Waals surface area (Å²) in [5.41, 5.74) is 1.86. The van der Waals surface area contributed by atoms with Crippen molar-refractivity contribution < 1.29 is 9.53 Å². The number of methoxy groups -OCH3 is 1. The summed E-state index contributed by atoms with van der Waals surface area (Å²) in [5, 5.41) is 3.47. The normalized spacial score (nSPS) is 20.7. The van der Waals surface area contributed by atoms with E-state index in [0.29, 0.717) is 12.6 Å². The number of imidazole rings is 1. The van der Waals surface area contributed by atoms with Gasteiger partial charge in [-0.3, -0.25) is 5.32 Å². The second kappa shape index (κ2) is 5.44. The highest BCUT2D eigenvalue weighted by Crippen LogP contribution is 2.27. The van der Waals surface area contributed by atoms with E-state index in [4.69, 9.17) is 9.72 Å². The van der Waals surface area contributed by atoms with E-state index in [-0.39, 0.29) is 5.97 Å². The summed E-state index contributed by atoms with van der Waals surface area (Å²) in [4.78, 5) is 17.0. The first-order valence-corrected chi connectivity index (χ1v) is 7.94. The van der Waals surface area contributed by atoms with Gasteiger partial charge in [0.25, 0.3) is 0 Å². The lowest BCUT2D eigenvalue weighted by Gasteiger charge is -2.30. The van der Waals surface area contributed by atoms with Crippen LogP contribution in [-0.2, 0) is 28.9 Å². The van der Waals surface area contributed by atoms with Crippen molar-refractivity contribution in [2.24, 2.45) is 0 Å². The molecule has 0 aromatic carbocycles. The Morgan fingerprint density at radius 2 is 2.14 bits per heavy atom. The number of hydrogen-bond donors (Lipinski definition) is 1. The van der Waals surface area contributed by atoms with Crippen LogP contribution in [0.1, 0.15) is 49.8 Å². The molecule has 0 saturated heterocycles. The minimum atomic E-state index is -0.674. The van der Waals surface area contributed by atoms with E-state index < -0.39 is 5.54 Å². The molecular formula is C16H25N3O2. The maximum Gasteiger partial charge on any atom is 0.327 e. The molecule has 1 heterocycles. The molecule has 116 valence electrons. The Kier molecular flexibility index (Phi) is 3.78. The molecule has 2 aliphatic rings. The number of hydrogen-bond acceptors (Lipinski definition) is 4. The monoisotopic (exact) mass is 291 g/mol. The zero-order valence-electron chi connectivity index (χ0n) is 13.2. The zero-order valence-corrected chi connectivity index (χ0v) is 13.2. The summed E-state index contributed by atoms with van der Waals surface area (Å²) in [5.74, 6) is 0.821. The van der Waals surface area contributed by atoms with Crippen LogP contribution in [0.15, 0.2) is 0 Å². The van der Waals surface area contributed by atoms with Crippen LogP contribution >= 0.6 is 0 Å². The first kappa shape index (κ1) is 14.6. The molecule has 5 heteroatoms. The lowest BCUT2D eigenvalue weighted by atomic mass is 9.99. The summed E-state index contributed by atoms with van der Waals surface area (Å²) >= 11 is 0. The van der Waals surface area contributed by atoms with Crippen LogP contribution in [0.25, 0.3) is 0 Å². The third-order valence-electron chi connectivity index (χ3n) is 4.63. The molecule has 1 saturated carbocycles. The van der Waals surface area contributed by atoms with Gasteiger partial charge in [-0.2, -0.15) is 0 Å². The van der Waals surface area contributed by atoms with Gasteiger partial charge >= 0.3 is 5.97 Å². The van der Waals surface area contributed by atoms with Crippen LogP contribution < -0.4 is 5.32 Å². The number of rotatable bonds is 5. The molecule has 1 aromatic rings. The average molecular weight is 291 g/mol. The predicted octanol–water partition coefficient (Wildman–Crippen LogP) is 1.75. The topological polar surface area (TPSA) is 56.2 Å². The summed E-state index contributed by atoms with van der Waals surface area (Å²) in [7, 11) is 1.46. The predicted molar refractivity (Wildman–Crippen MR) is 80.2 cm³/mol. The summed E-state index contributed by atoms with van der Waals surface area (Å²) < 4.78 is 7.26. The quantitative estimate of drug-likeness (QED) is 0.840. The van der Waals surface area contributed by atoms with Gasteiger partial charge in [0.15, 0.2) is 0 Å². The molecule has 1 N–H and O–H groups in total. The Balaban J connectivity index is 1.88. The van der Waals surface area contributed by atoms with Gasteiger partial charge < -0.3 is 9.30 Å². The van der Waals surface area contributed by atoms with Crippen LogP contribution in [-0.4, -0.2) is 34.2 Å². The van der Waals surface area contributed by atoms with Crippen molar-refractivity contribution in [3.63, 3.8) is 0 Å². The standard InChI is InChI=1S/C16H25N3O2/c1-11-17-13-6-4-5-7-14(13)19(11)10-16(2,15(20)21-3)18-12-8-9-12/h12,18H,4-10H2,1-3H3. The van der Waals surface area contributed by atoms with Gasteiger partial charge in [0, 0.05) is 11.7 Å². The molecule has 0 bridgehead atoms. The maximum atomic E-state index is 12.3. The summed E-state index contributed by atoms with van der Waals surface area (Å²) in [6, 6.07) is 0.453. The zero-order chi connectivity index (χ0) is 15.0. The molecule has 1 atom stereocenters. The maximum absolute atomic E-state index is 12.3. The number of aryl methyl sites for hydroxylation is 2. The molecule has 0 radical (unpaired) electrons. The van der Waals surface area contributed by atoms with E-state index in [9.17, 15) is 4.79 Å². The fraction of sp³-hybridized carbons (Fsp3) is 0.750. The molecule has 1 fully saturated rings. The SMILES string of the molecule is COC(=O)C(C)(Cn1c(C)nc2c1CCCC2)NC1CC1. The third kappa shape index (κ3) is 2.84. The Morgan fingerprint density at radius 1 is 1.43 bits per heavy atom. The largest absolute Gasteiger partial charge is 0.468 e. The third-order valence-corrected chi connectivity index (χ3v) is 4.63. The van der Waals surface area contributed by atoms with Gasteiger partial charge in [-0.1, -0.05) is 0 Å². The first-order valence-electron chi connectivity index (χ1n) is 7.94. The van der Waals surface area contributed by atoms with E-state index in [1.165, 1.54) is 31.3 Å². The fourth-order valence-electron chi connectivity index (χ4n) is 3.33. The van der Waals surface area contributed by atoms with E-state index in [0.717, 1.165) is 31.5 Å². The molecule has 0 aliphatic heterocycles.